The third-order valence-electron chi connectivity index (χ3n) is 3.98. The van der Waals surface area contributed by atoms with Gasteiger partial charge in [0.25, 0.3) is 0 Å². The van der Waals surface area contributed by atoms with Gasteiger partial charge in [0, 0.05) is 30.1 Å². The molecule has 4 nitrogen and oxygen atoms in total. The Hall–Kier alpha value is -0.970. The van der Waals surface area contributed by atoms with E-state index in [1.165, 1.54) is 0 Å². The summed E-state index contributed by atoms with van der Waals surface area (Å²) in [5, 5.41) is 10.1. The normalized spacial score (nSPS) is 25.9. The van der Waals surface area contributed by atoms with Crippen molar-refractivity contribution in [2.24, 2.45) is 0 Å². The van der Waals surface area contributed by atoms with Gasteiger partial charge in [-0.05, 0) is 6.07 Å². The van der Waals surface area contributed by atoms with Crippen molar-refractivity contribution in [3.05, 3.63) is 22.7 Å². The van der Waals surface area contributed by atoms with Crippen LogP contribution in [0, 0.1) is 0 Å². The zero-order valence-corrected chi connectivity index (χ0v) is 11.9. The maximum Gasteiger partial charge on any atom is 0.162 e. The number of phenols is 1. The van der Waals surface area contributed by atoms with Crippen LogP contribution in [0.2, 0.25) is 5.02 Å². The lowest BCUT2D eigenvalue weighted by atomic mass is 9.83. The minimum atomic E-state index is -0.186. The van der Waals surface area contributed by atoms with E-state index in [1.54, 1.807) is 12.1 Å². The summed E-state index contributed by atoms with van der Waals surface area (Å²) in [6.07, 6.45) is -0.0377. The molecule has 104 valence electrons. The van der Waals surface area contributed by atoms with E-state index in [0.29, 0.717) is 5.02 Å². The summed E-state index contributed by atoms with van der Waals surface area (Å²) in [4.78, 5) is 2.29. The molecule has 19 heavy (non-hydrogen) atoms. The summed E-state index contributed by atoms with van der Waals surface area (Å²) >= 11 is 5.96. The van der Waals surface area contributed by atoms with Crippen LogP contribution in [-0.2, 0) is 10.2 Å². The lowest BCUT2D eigenvalue weighted by Crippen LogP contribution is -2.52. The van der Waals surface area contributed by atoms with Crippen molar-refractivity contribution in [1.82, 2.24) is 4.90 Å². The molecule has 2 aliphatic heterocycles. The smallest absolute Gasteiger partial charge is 0.162 e. The fraction of sp³-hybridized carbons (Fsp3) is 0.571. The van der Waals surface area contributed by atoms with Crippen LogP contribution >= 0.6 is 11.6 Å². The molecular weight excluding hydrogens is 266 g/mol. The molecule has 5 heteroatoms. The van der Waals surface area contributed by atoms with Gasteiger partial charge in [-0.3, -0.25) is 4.90 Å². The molecule has 0 amide bonds. The van der Waals surface area contributed by atoms with Gasteiger partial charge in [0.1, 0.15) is 11.5 Å². The molecule has 0 radical (unpaired) electrons. The number of hydrogen-bond acceptors (Lipinski definition) is 4. The SMILES string of the molecule is CC1(C)c2cc(O)c(Cl)cc2OC1N1CCOCC1. The van der Waals surface area contributed by atoms with E-state index in [9.17, 15) is 5.11 Å². The molecule has 1 saturated heterocycles. The maximum atomic E-state index is 9.79. The minimum Gasteiger partial charge on any atom is -0.506 e. The Morgan fingerprint density at radius 3 is 2.68 bits per heavy atom. The van der Waals surface area contributed by atoms with Crippen LogP contribution in [0.1, 0.15) is 19.4 Å². The molecule has 1 aromatic carbocycles. The largest absolute Gasteiger partial charge is 0.506 e. The standard InChI is InChI=1S/C14H18ClNO3/c1-14(2)9-7-11(17)10(15)8-12(9)19-13(14)16-3-5-18-6-4-16/h7-8,13,17H,3-6H2,1-2H3. The zero-order valence-electron chi connectivity index (χ0n) is 11.1. The Morgan fingerprint density at radius 1 is 1.32 bits per heavy atom. The number of aromatic hydroxyl groups is 1. The first-order valence-corrected chi connectivity index (χ1v) is 6.89. The van der Waals surface area contributed by atoms with Crippen molar-refractivity contribution >= 4 is 11.6 Å². The number of fused-ring (bicyclic) bond motifs is 1. The second-order valence-electron chi connectivity index (χ2n) is 5.64. The van der Waals surface area contributed by atoms with E-state index < -0.39 is 0 Å². The van der Waals surface area contributed by atoms with Crippen LogP contribution in [0.25, 0.3) is 0 Å². The highest BCUT2D eigenvalue weighted by Crippen LogP contribution is 2.47. The van der Waals surface area contributed by atoms with Crippen LogP contribution in [0.15, 0.2) is 12.1 Å². The highest BCUT2D eigenvalue weighted by molar-refractivity contribution is 6.32. The Kier molecular flexibility index (Phi) is 3.12. The van der Waals surface area contributed by atoms with Gasteiger partial charge in [0.15, 0.2) is 6.23 Å². The van der Waals surface area contributed by atoms with Crippen molar-refractivity contribution < 1.29 is 14.6 Å². The van der Waals surface area contributed by atoms with Gasteiger partial charge in [-0.15, -0.1) is 0 Å². The molecule has 0 aliphatic carbocycles. The van der Waals surface area contributed by atoms with Gasteiger partial charge in [-0.1, -0.05) is 25.4 Å². The van der Waals surface area contributed by atoms with Crippen molar-refractivity contribution in [1.29, 1.82) is 0 Å². The average Bonchev–Trinajstić information content (AvgIpc) is 2.64. The average molecular weight is 284 g/mol. The maximum absolute atomic E-state index is 9.79. The fourth-order valence-corrected chi connectivity index (χ4v) is 3.04. The van der Waals surface area contributed by atoms with Crippen LogP contribution < -0.4 is 4.74 Å². The second kappa shape index (κ2) is 4.54. The summed E-state index contributed by atoms with van der Waals surface area (Å²) in [6, 6.07) is 3.42. The molecule has 0 bridgehead atoms. The van der Waals surface area contributed by atoms with Gasteiger partial charge in [0.05, 0.1) is 18.2 Å². The van der Waals surface area contributed by atoms with Crippen molar-refractivity contribution in [2.45, 2.75) is 25.5 Å². The zero-order chi connectivity index (χ0) is 13.6. The lowest BCUT2D eigenvalue weighted by molar-refractivity contribution is -0.0612. The number of morpholine rings is 1. The van der Waals surface area contributed by atoms with Crippen molar-refractivity contribution in [2.75, 3.05) is 26.3 Å². The monoisotopic (exact) mass is 283 g/mol. The minimum absolute atomic E-state index is 0.0377. The van der Waals surface area contributed by atoms with Crippen molar-refractivity contribution in [3.8, 4) is 11.5 Å². The quantitative estimate of drug-likeness (QED) is 0.859. The predicted molar refractivity (Wildman–Crippen MR) is 73.0 cm³/mol. The summed E-state index contributed by atoms with van der Waals surface area (Å²) in [5.41, 5.74) is 0.820. The van der Waals surface area contributed by atoms with Gasteiger partial charge in [0.2, 0.25) is 0 Å². The van der Waals surface area contributed by atoms with E-state index in [4.69, 9.17) is 21.1 Å². The molecule has 1 fully saturated rings. The number of ether oxygens (including phenoxy) is 2. The molecule has 0 saturated carbocycles. The first-order valence-electron chi connectivity index (χ1n) is 6.51. The highest BCUT2D eigenvalue weighted by atomic mass is 35.5. The topological polar surface area (TPSA) is 41.9 Å². The van der Waals surface area contributed by atoms with E-state index in [2.05, 4.69) is 18.7 Å². The number of benzene rings is 1. The molecule has 1 aromatic rings. The van der Waals surface area contributed by atoms with Gasteiger partial charge in [-0.2, -0.15) is 0 Å². The van der Waals surface area contributed by atoms with E-state index in [0.717, 1.165) is 37.6 Å². The van der Waals surface area contributed by atoms with Gasteiger partial charge < -0.3 is 14.6 Å². The number of rotatable bonds is 1. The lowest BCUT2D eigenvalue weighted by Gasteiger charge is -2.38. The molecule has 1 atom stereocenters. The van der Waals surface area contributed by atoms with Gasteiger partial charge in [-0.25, -0.2) is 0 Å². The fourth-order valence-electron chi connectivity index (χ4n) is 2.89. The summed E-state index contributed by atoms with van der Waals surface area (Å²) in [6.45, 7) is 7.46. The Morgan fingerprint density at radius 2 is 2.00 bits per heavy atom. The molecule has 2 aliphatic rings. The molecule has 1 unspecified atom stereocenters. The highest BCUT2D eigenvalue weighted by Gasteiger charge is 2.45. The molecule has 2 heterocycles. The Labute approximate surface area is 117 Å². The van der Waals surface area contributed by atoms with Crippen LogP contribution in [0.4, 0.5) is 0 Å². The number of hydrogen-bond donors (Lipinski definition) is 1. The second-order valence-corrected chi connectivity index (χ2v) is 6.05. The molecule has 0 aromatic heterocycles. The molecule has 3 rings (SSSR count). The molecule has 1 N–H and O–H groups in total. The van der Waals surface area contributed by atoms with E-state index >= 15 is 0 Å². The third-order valence-corrected chi connectivity index (χ3v) is 4.28. The van der Waals surface area contributed by atoms with Crippen LogP contribution in [0.5, 0.6) is 11.5 Å². The summed E-state index contributed by atoms with van der Waals surface area (Å²) < 4.78 is 11.5. The van der Waals surface area contributed by atoms with E-state index in [1.807, 2.05) is 0 Å². The number of nitrogens with zero attached hydrogens (tertiary/aromatic N) is 1. The Balaban J connectivity index is 1.95. The van der Waals surface area contributed by atoms with E-state index in [-0.39, 0.29) is 17.4 Å². The summed E-state index contributed by atoms with van der Waals surface area (Å²) in [5.74, 6) is 0.879. The molecular formula is C14H18ClNO3. The van der Waals surface area contributed by atoms with Gasteiger partial charge >= 0.3 is 0 Å². The molecule has 0 spiro atoms. The first-order chi connectivity index (χ1) is 9.00. The number of halogens is 1. The third kappa shape index (κ3) is 2.08. The predicted octanol–water partition coefficient (Wildman–Crippen LogP) is 2.37. The summed E-state index contributed by atoms with van der Waals surface area (Å²) in [7, 11) is 0. The first kappa shape index (κ1) is 13.0. The Bertz CT molecular complexity index is 498. The van der Waals surface area contributed by atoms with Crippen LogP contribution in [0.3, 0.4) is 0 Å². The van der Waals surface area contributed by atoms with Crippen molar-refractivity contribution in [3.63, 3.8) is 0 Å². The number of phenolic OH excluding ortho intramolecular Hbond substituents is 1. The van der Waals surface area contributed by atoms with Crippen LogP contribution in [-0.4, -0.2) is 42.5 Å².